The predicted octanol–water partition coefficient (Wildman–Crippen LogP) is 2.13. The van der Waals surface area contributed by atoms with E-state index in [9.17, 15) is 14.0 Å². The lowest BCUT2D eigenvalue weighted by Crippen LogP contribution is -2.39. The molecule has 0 aliphatic rings. The molecule has 0 bridgehead atoms. The van der Waals surface area contributed by atoms with Crippen molar-refractivity contribution in [3.8, 4) is 0 Å². The first-order valence-corrected chi connectivity index (χ1v) is 9.57. The van der Waals surface area contributed by atoms with Gasteiger partial charge in [-0.3, -0.25) is 13.9 Å². The van der Waals surface area contributed by atoms with E-state index in [2.05, 4.69) is 15.5 Å². The first-order valence-electron chi connectivity index (χ1n) is 8.69. The molecule has 8 nitrogen and oxygen atoms in total. The van der Waals surface area contributed by atoms with Crippen molar-refractivity contribution in [2.24, 2.45) is 19.2 Å². The number of thiophene rings is 1. The molecule has 10 heteroatoms. The first kappa shape index (κ1) is 18.8. The Morgan fingerprint density at radius 3 is 2.76 bits per heavy atom. The Morgan fingerprint density at radius 2 is 2.03 bits per heavy atom. The first-order chi connectivity index (χ1) is 14.0. The summed E-state index contributed by atoms with van der Waals surface area (Å²) in [7, 11) is 3.20. The molecule has 3 aromatic heterocycles. The minimum atomic E-state index is -0.529. The topological polar surface area (TPSA) is 86.2 Å². The summed E-state index contributed by atoms with van der Waals surface area (Å²) >= 11 is 1.54. The number of hydrazone groups is 1. The van der Waals surface area contributed by atoms with Crippen LogP contribution in [0, 0.1) is 5.82 Å². The molecule has 0 radical (unpaired) electrons. The molecule has 0 aliphatic heterocycles. The van der Waals surface area contributed by atoms with Gasteiger partial charge >= 0.3 is 5.69 Å². The van der Waals surface area contributed by atoms with Crippen molar-refractivity contribution in [1.29, 1.82) is 0 Å². The van der Waals surface area contributed by atoms with Gasteiger partial charge in [-0.05, 0) is 29.1 Å². The molecule has 0 saturated carbocycles. The van der Waals surface area contributed by atoms with Crippen molar-refractivity contribution < 1.29 is 4.39 Å². The molecule has 148 valence electrons. The number of benzene rings is 1. The van der Waals surface area contributed by atoms with Gasteiger partial charge in [0.15, 0.2) is 11.2 Å². The molecule has 0 saturated heterocycles. The molecular weight excluding hydrogens is 395 g/mol. The summed E-state index contributed by atoms with van der Waals surface area (Å²) < 4.78 is 17.4. The van der Waals surface area contributed by atoms with Crippen molar-refractivity contribution >= 4 is 34.7 Å². The number of hydrogen-bond donors (Lipinski definition) is 1. The highest BCUT2D eigenvalue weighted by molar-refractivity contribution is 7.11. The highest BCUT2D eigenvalue weighted by atomic mass is 32.1. The van der Waals surface area contributed by atoms with Gasteiger partial charge in [-0.25, -0.2) is 14.6 Å². The zero-order chi connectivity index (χ0) is 20.5. The van der Waals surface area contributed by atoms with Gasteiger partial charge in [0.1, 0.15) is 5.82 Å². The lowest BCUT2D eigenvalue weighted by atomic mass is 10.2. The van der Waals surface area contributed by atoms with Gasteiger partial charge in [0.05, 0.1) is 12.8 Å². The van der Waals surface area contributed by atoms with E-state index in [0.29, 0.717) is 11.5 Å². The fourth-order valence-electron chi connectivity index (χ4n) is 3.02. The fourth-order valence-corrected chi connectivity index (χ4v) is 3.60. The average molecular weight is 412 g/mol. The number of nitrogens with one attached hydrogen (secondary N) is 1. The van der Waals surface area contributed by atoms with Gasteiger partial charge in [-0.2, -0.15) is 10.1 Å². The molecule has 4 rings (SSSR count). The summed E-state index contributed by atoms with van der Waals surface area (Å²) in [4.78, 5) is 31.0. The second-order valence-corrected chi connectivity index (χ2v) is 7.39. The maximum Gasteiger partial charge on any atom is 0.332 e. The maximum absolute atomic E-state index is 13.5. The van der Waals surface area contributed by atoms with Crippen molar-refractivity contribution in [3.63, 3.8) is 0 Å². The minimum Gasteiger partial charge on any atom is -0.306 e. The van der Waals surface area contributed by atoms with Crippen LogP contribution in [0.15, 0.2) is 56.5 Å². The molecule has 0 spiro atoms. The monoisotopic (exact) mass is 412 g/mol. The van der Waals surface area contributed by atoms with E-state index in [4.69, 9.17) is 0 Å². The number of anilines is 1. The summed E-state index contributed by atoms with van der Waals surface area (Å²) in [5, 5.41) is 6.07. The number of aromatic nitrogens is 4. The van der Waals surface area contributed by atoms with Crippen molar-refractivity contribution in [1.82, 2.24) is 18.7 Å². The molecule has 1 aromatic carbocycles. The second-order valence-electron chi connectivity index (χ2n) is 6.41. The third-order valence-corrected chi connectivity index (χ3v) is 5.30. The number of rotatable bonds is 5. The molecule has 0 aliphatic carbocycles. The Balaban J connectivity index is 1.77. The fraction of sp³-hybridized carbons (Fsp3) is 0.158. The summed E-state index contributed by atoms with van der Waals surface area (Å²) in [5.41, 5.74) is 2.78. The predicted molar refractivity (Wildman–Crippen MR) is 111 cm³/mol. The van der Waals surface area contributed by atoms with Crippen LogP contribution in [-0.4, -0.2) is 24.9 Å². The second kappa shape index (κ2) is 7.47. The molecule has 29 heavy (non-hydrogen) atoms. The van der Waals surface area contributed by atoms with Crippen molar-refractivity contribution in [2.75, 3.05) is 5.43 Å². The minimum absolute atomic E-state index is 0.0380. The highest BCUT2D eigenvalue weighted by Crippen LogP contribution is 2.14. The zero-order valence-corrected chi connectivity index (χ0v) is 16.5. The van der Waals surface area contributed by atoms with Crippen LogP contribution in [-0.2, 0) is 20.6 Å². The zero-order valence-electron chi connectivity index (χ0n) is 15.7. The van der Waals surface area contributed by atoms with Gasteiger partial charge < -0.3 is 4.57 Å². The number of aryl methyl sites for hydroxylation is 2. The van der Waals surface area contributed by atoms with Crippen molar-refractivity contribution in [2.45, 2.75) is 6.54 Å². The number of hydrogen-bond acceptors (Lipinski definition) is 6. The lowest BCUT2D eigenvalue weighted by Gasteiger charge is -2.08. The molecule has 0 atom stereocenters. The van der Waals surface area contributed by atoms with E-state index < -0.39 is 17.1 Å². The van der Waals surface area contributed by atoms with E-state index in [1.807, 2.05) is 17.5 Å². The standard InChI is InChI=1S/C19H17FN6O2S/c1-24-15-16(22-18(24)23-21-10-14-7-4-8-29-14)25(2)19(28)26(17(15)27)11-12-5-3-6-13(20)9-12/h3-10H,11H2,1-2H3,(H,22,23). The largest absolute Gasteiger partial charge is 0.332 e. The Labute approximate surface area is 168 Å². The van der Waals surface area contributed by atoms with Crippen LogP contribution in [0.4, 0.5) is 10.3 Å². The van der Waals surface area contributed by atoms with Crippen LogP contribution in [0.3, 0.4) is 0 Å². The van der Waals surface area contributed by atoms with Gasteiger partial charge in [0.25, 0.3) is 5.56 Å². The summed E-state index contributed by atoms with van der Waals surface area (Å²) in [6.45, 7) is -0.0380. The molecular formula is C19H17FN6O2S. The Hall–Kier alpha value is -3.53. The summed E-state index contributed by atoms with van der Waals surface area (Å²) in [6, 6.07) is 9.64. The maximum atomic E-state index is 13.5. The Morgan fingerprint density at radius 1 is 1.21 bits per heavy atom. The lowest BCUT2D eigenvalue weighted by molar-refractivity contribution is 0.616. The quantitative estimate of drug-likeness (QED) is 0.402. The number of fused-ring (bicyclic) bond motifs is 1. The number of imidazole rings is 1. The van der Waals surface area contributed by atoms with E-state index in [0.717, 1.165) is 9.44 Å². The SMILES string of the molecule is Cn1c(NN=Cc2cccs2)nc2c1c(=O)n(Cc1cccc(F)c1)c(=O)n2C. The Bertz CT molecular complexity index is 1330. The summed E-state index contributed by atoms with van der Waals surface area (Å²) in [5.74, 6) is -0.104. The van der Waals surface area contributed by atoms with E-state index in [1.165, 1.54) is 41.2 Å². The van der Waals surface area contributed by atoms with Crippen LogP contribution in [0.1, 0.15) is 10.4 Å². The van der Waals surface area contributed by atoms with Gasteiger partial charge in [0.2, 0.25) is 5.95 Å². The summed E-state index contributed by atoms with van der Waals surface area (Å²) in [6.07, 6.45) is 1.64. The molecule has 1 N–H and O–H groups in total. The van der Waals surface area contributed by atoms with Crippen LogP contribution in [0.5, 0.6) is 0 Å². The van der Waals surface area contributed by atoms with Crippen molar-refractivity contribution in [3.05, 3.63) is 78.9 Å². The third kappa shape index (κ3) is 3.49. The third-order valence-electron chi connectivity index (χ3n) is 4.49. The van der Waals surface area contributed by atoms with Gasteiger partial charge in [-0.1, -0.05) is 18.2 Å². The van der Waals surface area contributed by atoms with Crippen LogP contribution in [0.25, 0.3) is 11.2 Å². The molecule has 0 fully saturated rings. The Kier molecular flexibility index (Phi) is 4.85. The average Bonchev–Trinajstić information content (AvgIpc) is 3.32. The van der Waals surface area contributed by atoms with E-state index >= 15 is 0 Å². The number of nitrogens with zero attached hydrogens (tertiary/aromatic N) is 5. The highest BCUT2D eigenvalue weighted by Gasteiger charge is 2.18. The number of halogens is 1. The van der Waals surface area contributed by atoms with Crippen LogP contribution in [0.2, 0.25) is 0 Å². The van der Waals surface area contributed by atoms with E-state index in [1.54, 1.807) is 23.9 Å². The molecule has 0 unspecified atom stereocenters. The van der Waals surface area contributed by atoms with Gasteiger partial charge in [0, 0.05) is 19.0 Å². The molecule has 4 aromatic rings. The normalized spacial score (nSPS) is 11.6. The molecule has 0 amide bonds. The van der Waals surface area contributed by atoms with Gasteiger partial charge in [-0.15, -0.1) is 11.3 Å². The smallest absolute Gasteiger partial charge is 0.306 e. The van der Waals surface area contributed by atoms with Crippen LogP contribution < -0.4 is 16.7 Å². The van der Waals surface area contributed by atoms with Crippen LogP contribution >= 0.6 is 11.3 Å². The molecule has 3 heterocycles. The van der Waals surface area contributed by atoms with E-state index in [-0.39, 0.29) is 17.7 Å².